The van der Waals surface area contributed by atoms with Gasteiger partial charge in [-0.2, -0.15) is 0 Å². The van der Waals surface area contributed by atoms with Crippen LogP contribution in [0.5, 0.6) is 5.75 Å². The van der Waals surface area contributed by atoms with E-state index in [2.05, 4.69) is 44.3 Å². The van der Waals surface area contributed by atoms with Crippen LogP contribution in [0.25, 0.3) is 0 Å². The van der Waals surface area contributed by atoms with Crippen molar-refractivity contribution in [3.8, 4) is 5.75 Å². The highest BCUT2D eigenvalue weighted by Crippen LogP contribution is 2.29. The van der Waals surface area contributed by atoms with Gasteiger partial charge in [-0.05, 0) is 48.4 Å². The number of nitrogens with one attached hydrogen (secondary N) is 1. The van der Waals surface area contributed by atoms with E-state index in [-0.39, 0.29) is 5.41 Å². The van der Waals surface area contributed by atoms with E-state index in [1.54, 1.807) is 7.11 Å². The van der Waals surface area contributed by atoms with Crippen LogP contribution in [0.4, 0.5) is 0 Å². The van der Waals surface area contributed by atoms with Gasteiger partial charge >= 0.3 is 0 Å². The number of benzene rings is 1. The van der Waals surface area contributed by atoms with Crippen molar-refractivity contribution in [2.75, 3.05) is 13.7 Å². The number of hydrogen-bond donors (Lipinski definition) is 1. The van der Waals surface area contributed by atoms with E-state index in [4.69, 9.17) is 4.74 Å². The predicted octanol–water partition coefficient (Wildman–Crippen LogP) is 3.29. The molecule has 0 bridgehead atoms. The molecular formula is C16H25NO. The number of hydrogen-bond acceptors (Lipinski definition) is 2. The first-order valence-electron chi connectivity index (χ1n) is 6.91. The van der Waals surface area contributed by atoms with E-state index in [0.29, 0.717) is 6.04 Å². The Kier molecular flexibility index (Phi) is 3.96. The molecule has 1 aromatic carbocycles. The fraction of sp³-hybridized carbons (Fsp3) is 0.625. The zero-order valence-electron chi connectivity index (χ0n) is 12.0. The molecule has 0 aliphatic carbocycles. The lowest BCUT2D eigenvalue weighted by Crippen LogP contribution is -2.24. The average Bonchev–Trinajstić information content (AvgIpc) is 2.80. The molecule has 2 nitrogen and oxygen atoms in total. The van der Waals surface area contributed by atoms with E-state index < -0.39 is 0 Å². The highest BCUT2D eigenvalue weighted by atomic mass is 16.5. The van der Waals surface area contributed by atoms with E-state index in [1.807, 2.05) is 0 Å². The molecule has 1 aliphatic rings. The normalized spacial score (nSPS) is 20.1. The largest absolute Gasteiger partial charge is 0.496 e. The first-order valence-corrected chi connectivity index (χ1v) is 6.91. The Hall–Kier alpha value is -1.02. The fourth-order valence-corrected chi connectivity index (χ4v) is 2.60. The molecule has 0 spiro atoms. The van der Waals surface area contributed by atoms with Crippen molar-refractivity contribution < 1.29 is 4.74 Å². The third-order valence-corrected chi connectivity index (χ3v) is 3.78. The summed E-state index contributed by atoms with van der Waals surface area (Å²) in [5.74, 6) is 1.02. The van der Waals surface area contributed by atoms with Crippen molar-refractivity contribution in [2.45, 2.75) is 51.5 Å². The monoisotopic (exact) mass is 247 g/mol. The summed E-state index contributed by atoms with van der Waals surface area (Å²) in [6, 6.07) is 7.24. The average molecular weight is 247 g/mol. The molecule has 0 amide bonds. The second-order valence-corrected chi connectivity index (χ2v) is 6.27. The first-order chi connectivity index (χ1) is 8.50. The molecule has 18 heavy (non-hydrogen) atoms. The van der Waals surface area contributed by atoms with Crippen molar-refractivity contribution in [2.24, 2.45) is 0 Å². The molecule has 100 valence electrons. The summed E-state index contributed by atoms with van der Waals surface area (Å²) in [7, 11) is 1.76. The zero-order chi connectivity index (χ0) is 13.2. The first kappa shape index (κ1) is 13.4. The Bertz CT molecular complexity index is 400. The molecular weight excluding hydrogens is 222 g/mol. The van der Waals surface area contributed by atoms with Gasteiger partial charge in [0.05, 0.1) is 7.11 Å². The lowest BCUT2D eigenvalue weighted by molar-refractivity contribution is 0.406. The lowest BCUT2D eigenvalue weighted by Gasteiger charge is -2.22. The third kappa shape index (κ3) is 3.05. The smallest absolute Gasteiger partial charge is 0.122 e. The minimum absolute atomic E-state index is 0.199. The molecule has 1 unspecified atom stereocenters. The van der Waals surface area contributed by atoms with Crippen LogP contribution in [0.15, 0.2) is 18.2 Å². The van der Waals surface area contributed by atoms with Crippen molar-refractivity contribution in [1.82, 2.24) is 5.32 Å². The number of ether oxygens (including phenoxy) is 1. The Labute approximate surface area is 111 Å². The Morgan fingerprint density at radius 1 is 1.33 bits per heavy atom. The molecule has 1 N–H and O–H groups in total. The molecule has 0 aromatic heterocycles. The molecule has 2 rings (SSSR count). The van der Waals surface area contributed by atoms with Gasteiger partial charge in [0.1, 0.15) is 5.75 Å². The lowest BCUT2D eigenvalue weighted by atomic mass is 9.85. The zero-order valence-corrected chi connectivity index (χ0v) is 12.0. The van der Waals surface area contributed by atoms with Crippen molar-refractivity contribution in [3.63, 3.8) is 0 Å². The Balaban J connectivity index is 2.24. The van der Waals surface area contributed by atoms with E-state index in [9.17, 15) is 0 Å². The third-order valence-electron chi connectivity index (χ3n) is 3.78. The number of methoxy groups -OCH3 is 1. The van der Waals surface area contributed by atoms with Gasteiger partial charge in [0.15, 0.2) is 0 Å². The highest BCUT2D eigenvalue weighted by molar-refractivity contribution is 5.40. The van der Waals surface area contributed by atoms with Gasteiger partial charge in [-0.1, -0.05) is 32.9 Å². The van der Waals surface area contributed by atoms with Crippen LogP contribution in [0.2, 0.25) is 0 Å². The molecule has 1 heterocycles. The van der Waals surface area contributed by atoms with Gasteiger partial charge in [0.2, 0.25) is 0 Å². The summed E-state index contributed by atoms with van der Waals surface area (Å²) in [5, 5.41) is 3.56. The molecule has 0 radical (unpaired) electrons. The van der Waals surface area contributed by atoms with Gasteiger partial charge in [-0.3, -0.25) is 0 Å². The minimum atomic E-state index is 0.199. The SMILES string of the molecule is COc1ccc(C(C)(C)C)cc1CC1CCCN1. The van der Waals surface area contributed by atoms with Crippen LogP contribution in [-0.4, -0.2) is 19.7 Å². The molecule has 1 aromatic rings. The second kappa shape index (κ2) is 5.31. The molecule has 1 saturated heterocycles. The van der Waals surface area contributed by atoms with Gasteiger partial charge in [-0.25, -0.2) is 0 Å². The summed E-state index contributed by atoms with van der Waals surface area (Å²) in [5.41, 5.74) is 2.92. The van der Waals surface area contributed by atoms with E-state index in [1.165, 1.54) is 24.0 Å². The summed E-state index contributed by atoms with van der Waals surface area (Å²) in [4.78, 5) is 0. The molecule has 1 fully saturated rings. The quantitative estimate of drug-likeness (QED) is 0.885. The van der Waals surface area contributed by atoms with Crippen LogP contribution in [0.3, 0.4) is 0 Å². The Morgan fingerprint density at radius 2 is 2.11 bits per heavy atom. The van der Waals surface area contributed by atoms with E-state index >= 15 is 0 Å². The Morgan fingerprint density at radius 3 is 2.67 bits per heavy atom. The molecule has 1 atom stereocenters. The van der Waals surface area contributed by atoms with Gasteiger partial charge in [-0.15, -0.1) is 0 Å². The van der Waals surface area contributed by atoms with Gasteiger partial charge in [0.25, 0.3) is 0 Å². The minimum Gasteiger partial charge on any atom is -0.496 e. The summed E-state index contributed by atoms with van der Waals surface area (Å²) < 4.78 is 5.50. The standard InChI is InChI=1S/C16H25NO/c1-16(2,3)13-7-8-15(18-4)12(10-13)11-14-6-5-9-17-14/h7-8,10,14,17H,5-6,9,11H2,1-4H3. The van der Waals surface area contributed by atoms with Gasteiger partial charge < -0.3 is 10.1 Å². The highest BCUT2D eigenvalue weighted by Gasteiger charge is 2.19. The van der Waals surface area contributed by atoms with Crippen molar-refractivity contribution in [3.05, 3.63) is 29.3 Å². The van der Waals surface area contributed by atoms with Crippen molar-refractivity contribution in [1.29, 1.82) is 0 Å². The maximum atomic E-state index is 5.50. The molecule has 1 aliphatic heterocycles. The van der Waals surface area contributed by atoms with Crippen LogP contribution in [0, 0.1) is 0 Å². The molecule has 2 heteroatoms. The van der Waals surface area contributed by atoms with Gasteiger partial charge in [0, 0.05) is 6.04 Å². The van der Waals surface area contributed by atoms with Crippen LogP contribution >= 0.6 is 0 Å². The fourth-order valence-electron chi connectivity index (χ4n) is 2.60. The van der Waals surface area contributed by atoms with Crippen LogP contribution in [-0.2, 0) is 11.8 Å². The second-order valence-electron chi connectivity index (χ2n) is 6.27. The van der Waals surface area contributed by atoms with E-state index in [0.717, 1.165) is 18.7 Å². The molecule has 0 saturated carbocycles. The van der Waals surface area contributed by atoms with Crippen LogP contribution < -0.4 is 10.1 Å². The maximum absolute atomic E-state index is 5.50. The predicted molar refractivity (Wildman–Crippen MR) is 76.4 cm³/mol. The number of rotatable bonds is 3. The summed E-state index contributed by atoms with van der Waals surface area (Å²) >= 11 is 0. The maximum Gasteiger partial charge on any atom is 0.122 e. The summed E-state index contributed by atoms with van der Waals surface area (Å²) in [6.07, 6.45) is 3.65. The van der Waals surface area contributed by atoms with Crippen LogP contribution in [0.1, 0.15) is 44.7 Å². The topological polar surface area (TPSA) is 21.3 Å². The van der Waals surface area contributed by atoms with Crippen molar-refractivity contribution >= 4 is 0 Å². The summed E-state index contributed by atoms with van der Waals surface area (Å²) in [6.45, 7) is 7.93.